The first-order valence-corrected chi connectivity index (χ1v) is 7.11. The van der Waals surface area contributed by atoms with Crippen LogP contribution < -0.4 is 5.32 Å². The first kappa shape index (κ1) is 12.9. The third-order valence-electron chi connectivity index (χ3n) is 2.40. The predicted molar refractivity (Wildman–Crippen MR) is 62.3 cm³/mol. The van der Waals surface area contributed by atoms with Gasteiger partial charge >= 0.3 is 0 Å². The first-order chi connectivity index (χ1) is 6.81. The maximum Gasteiger partial charge on any atom is 0.214 e. The summed E-state index contributed by atoms with van der Waals surface area (Å²) in [5.74, 6) is 0.326. The second kappa shape index (κ2) is 4.80. The highest BCUT2D eigenvalue weighted by Gasteiger charge is 2.27. The van der Waals surface area contributed by atoms with Gasteiger partial charge in [-0.2, -0.15) is 0 Å². The minimum Gasteiger partial charge on any atom is -0.315 e. The van der Waals surface area contributed by atoms with E-state index in [9.17, 15) is 8.42 Å². The zero-order valence-corrected chi connectivity index (χ0v) is 10.7. The van der Waals surface area contributed by atoms with Crippen molar-refractivity contribution in [2.75, 3.05) is 31.9 Å². The standard InChI is InChI=1S/C10H22N2O2S/c1-10(2,3)9-11-5-7-12-6-4-8-15(12,13)14/h11H,4-9H2,1-3H3. The second-order valence-electron chi connectivity index (χ2n) is 5.31. The number of nitrogens with zero attached hydrogens (tertiary/aromatic N) is 1. The van der Waals surface area contributed by atoms with E-state index in [2.05, 4.69) is 26.1 Å². The fraction of sp³-hybridized carbons (Fsp3) is 1.00. The summed E-state index contributed by atoms with van der Waals surface area (Å²) in [6.45, 7) is 9.45. The molecule has 0 bridgehead atoms. The number of hydrogen-bond donors (Lipinski definition) is 1. The van der Waals surface area contributed by atoms with Crippen molar-refractivity contribution in [3.05, 3.63) is 0 Å². The molecule has 0 aromatic carbocycles. The summed E-state index contributed by atoms with van der Waals surface area (Å²) in [5.41, 5.74) is 0.254. The van der Waals surface area contributed by atoms with E-state index in [0.29, 0.717) is 18.8 Å². The monoisotopic (exact) mass is 234 g/mol. The summed E-state index contributed by atoms with van der Waals surface area (Å²) in [6.07, 6.45) is 0.779. The number of nitrogens with one attached hydrogen (secondary N) is 1. The minimum absolute atomic E-state index is 0.254. The van der Waals surface area contributed by atoms with Gasteiger partial charge in [-0.05, 0) is 11.8 Å². The van der Waals surface area contributed by atoms with E-state index in [1.54, 1.807) is 4.31 Å². The van der Waals surface area contributed by atoms with Crippen molar-refractivity contribution in [1.29, 1.82) is 0 Å². The van der Waals surface area contributed by atoms with Crippen LogP contribution in [0, 0.1) is 5.41 Å². The molecule has 1 rings (SSSR count). The van der Waals surface area contributed by atoms with Crippen LogP contribution in [0.25, 0.3) is 0 Å². The summed E-state index contributed by atoms with van der Waals surface area (Å²) in [7, 11) is -2.91. The van der Waals surface area contributed by atoms with Crippen LogP contribution in [0.3, 0.4) is 0 Å². The Morgan fingerprint density at radius 2 is 2.00 bits per heavy atom. The highest BCUT2D eigenvalue weighted by molar-refractivity contribution is 7.89. The molecule has 0 atom stereocenters. The molecule has 0 radical (unpaired) electrons. The fourth-order valence-corrected chi connectivity index (χ4v) is 3.14. The van der Waals surface area contributed by atoms with Crippen molar-refractivity contribution in [2.45, 2.75) is 27.2 Å². The largest absolute Gasteiger partial charge is 0.315 e. The quantitative estimate of drug-likeness (QED) is 0.727. The molecule has 1 N–H and O–H groups in total. The van der Waals surface area contributed by atoms with E-state index in [-0.39, 0.29) is 5.41 Å². The Balaban J connectivity index is 2.21. The molecule has 1 saturated heterocycles. The molecule has 90 valence electrons. The minimum atomic E-state index is -2.91. The van der Waals surface area contributed by atoms with Crippen molar-refractivity contribution >= 4 is 10.0 Å². The third-order valence-corrected chi connectivity index (χ3v) is 4.35. The van der Waals surface area contributed by atoms with Gasteiger partial charge in [-0.25, -0.2) is 12.7 Å². The summed E-state index contributed by atoms with van der Waals surface area (Å²) in [4.78, 5) is 0. The van der Waals surface area contributed by atoms with Crippen LogP contribution in [0.15, 0.2) is 0 Å². The van der Waals surface area contributed by atoms with Crippen molar-refractivity contribution in [2.24, 2.45) is 5.41 Å². The lowest BCUT2D eigenvalue weighted by Gasteiger charge is -2.20. The Hall–Kier alpha value is -0.130. The SMILES string of the molecule is CC(C)(C)CNCCN1CCCS1(=O)=O. The van der Waals surface area contributed by atoms with Crippen molar-refractivity contribution in [1.82, 2.24) is 9.62 Å². The summed E-state index contributed by atoms with van der Waals surface area (Å²) < 4.78 is 24.5. The van der Waals surface area contributed by atoms with E-state index in [4.69, 9.17) is 0 Å². The van der Waals surface area contributed by atoms with Crippen molar-refractivity contribution in [3.8, 4) is 0 Å². The molecule has 5 heteroatoms. The Labute approximate surface area is 93.1 Å². The van der Waals surface area contributed by atoms with Crippen LogP contribution in [0.2, 0.25) is 0 Å². The Morgan fingerprint density at radius 3 is 2.47 bits per heavy atom. The smallest absolute Gasteiger partial charge is 0.214 e. The molecule has 1 heterocycles. The lowest BCUT2D eigenvalue weighted by molar-refractivity contribution is 0.363. The summed E-state index contributed by atoms with van der Waals surface area (Å²) in [5, 5.41) is 3.28. The van der Waals surface area contributed by atoms with Gasteiger partial charge in [0.2, 0.25) is 10.0 Å². The predicted octanol–water partition coefficient (Wildman–Crippen LogP) is 0.658. The Kier molecular flexibility index (Phi) is 4.14. The molecule has 0 spiro atoms. The van der Waals surface area contributed by atoms with Gasteiger partial charge in [0.1, 0.15) is 0 Å². The Morgan fingerprint density at radius 1 is 1.33 bits per heavy atom. The average Bonchev–Trinajstić information content (AvgIpc) is 2.37. The molecular formula is C10H22N2O2S. The second-order valence-corrected chi connectivity index (χ2v) is 7.39. The maximum atomic E-state index is 11.5. The van der Waals surface area contributed by atoms with Crippen LogP contribution in [-0.4, -0.2) is 44.7 Å². The molecule has 0 aromatic rings. The zero-order chi connectivity index (χ0) is 11.5. The molecule has 0 aromatic heterocycles. The van der Waals surface area contributed by atoms with E-state index in [1.807, 2.05) is 0 Å². The van der Waals surface area contributed by atoms with Gasteiger partial charge < -0.3 is 5.32 Å². The van der Waals surface area contributed by atoms with E-state index >= 15 is 0 Å². The molecule has 0 amide bonds. The van der Waals surface area contributed by atoms with Crippen LogP contribution in [-0.2, 0) is 10.0 Å². The van der Waals surface area contributed by atoms with Gasteiger partial charge in [0, 0.05) is 26.2 Å². The lowest BCUT2D eigenvalue weighted by atomic mass is 9.97. The zero-order valence-electron chi connectivity index (χ0n) is 9.91. The molecular weight excluding hydrogens is 212 g/mol. The summed E-state index contributed by atoms with van der Waals surface area (Å²) >= 11 is 0. The first-order valence-electron chi connectivity index (χ1n) is 5.50. The van der Waals surface area contributed by atoms with Crippen LogP contribution in [0.4, 0.5) is 0 Å². The van der Waals surface area contributed by atoms with Gasteiger partial charge in [-0.3, -0.25) is 0 Å². The number of rotatable bonds is 4. The van der Waals surface area contributed by atoms with Gasteiger partial charge in [-0.15, -0.1) is 0 Å². The molecule has 0 saturated carbocycles. The number of sulfonamides is 1. The lowest BCUT2D eigenvalue weighted by Crippen LogP contribution is -2.36. The normalized spacial score (nSPS) is 22.1. The van der Waals surface area contributed by atoms with Crippen LogP contribution in [0.1, 0.15) is 27.2 Å². The van der Waals surface area contributed by atoms with Crippen LogP contribution >= 0.6 is 0 Å². The molecule has 1 fully saturated rings. The van der Waals surface area contributed by atoms with Crippen molar-refractivity contribution in [3.63, 3.8) is 0 Å². The molecule has 15 heavy (non-hydrogen) atoms. The molecule has 1 aliphatic rings. The van der Waals surface area contributed by atoms with Crippen LogP contribution in [0.5, 0.6) is 0 Å². The maximum absolute atomic E-state index is 11.5. The number of hydrogen-bond acceptors (Lipinski definition) is 3. The van der Waals surface area contributed by atoms with E-state index < -0.39 is 10.0 Å². The third kappa shape index (κ3) is 4.49. The van der Waals surface area contributed by atoms with Crippen molar-refractivity contribution < 1.29 is 8.42 Å². The average molecular weight is 234 g/mol. The van der Waals surface area contributed by atoms with Gasteiger partial charge in [0.05, 0.1) is 5.75 Å². The fourth-order valence-electron chi connectivity index (χ4n) is 1.61. The highest BCUT2D eigenvalue weighted by atomic mass is 32.2. The molecule has 4 nitrogen and oxygen atoms in total. The Bertz CT molecular complexity index is 293. The van der Waals surface area contributed by atoms with Gasteiger partial charge in [-0.1, -0.05) is 20.8 Å². The van der Waals surface area contributed by atoms with Gasteiger partial charge in [0.15, 0.2) is 0 Å². The molecule has 1 aliphatic heterocycles. The molecule has 0 unspecified atom stereocenters. The van der Waals surface area contributed by atoms with E-state index in [1.165, 1.54) is 0 Å². The topological polar surface area (TPSA) is 49.4 Å². The summed E-state index contributed by atoms with van der Waals surface area (Å²) in [6, 6.07) is 0. The van der Waals surface area contributed by atoms with E-state index in [0.717, 1.165) is 19.5 Å². The van der Waals surface area contributed by atoms with Gasteiger partial charge in [0.25, 0.3) is 0 Å². The molecule has 0 aliphatic carbocycles. The highest BCUT2D eigenvalue weighted by Crippen LogP contribution is 2.12.